The largest absolute Gasteiger partial charge is 0.455 e. The second kappa shape index (κ2) is 8.65. The number of aromatic nitrogens is 3. The van der Waals surface area contributed by atoms with Gasteiger partial charge in [-0.1, -0.05) is 6.92 Å². The number of esters is 1. The highest BCUT2D eigenvalue weighted by Crippen LogP contribution is 2.38. The van der Waals surface area contributed by atoms with E-state index < -0.39 is 11.1 Å². The molecule has 10 heteroatoms. The third-order valence-corrected chi connectivity index (χ3v) is 7.34. The number of cyclic esters (lactones) is 1. The van der Waals surface area contributed by atoms with E-state index in [1.165, 1.54) is 0 Å². The first kappa shape index (κ1) is 24.9. The molecule has 1 amide bonds. The monoisotopic (exact) mass is 503 g/mol. The molecule has 0 unspecified atom stereocenters. The highest BCUT2D eigenvalue weighted by Gasteiger charge is 2.40. The van der Waals surface area contributed by atoms with E-state index in [2.05, 4.69) is 20.6 Å². The van der Waals surface area contributed by atoms with Gasteiger partial charge in [-0.15, -0.1) is 0 Å². The van der Waals surface area contributed by atoms with Gasteiger partial charge in [0.2, 0.25) is 5.91 Å². The van der Waals surface area contributed by atoms with Crippen molar-refractivity contribution in [2.45, 2.75) is 64.6 Å². The van der Waals surface area contributed by atoms with Crippen molar-refractivity contribution in [3.8, 4) is 0 Å². The summed E-state index contributed by atoms with van der Waals surface area (Å²) in [5, 5.41) is 8.50. The Morgan fingerprint density at radius 2 is 1.89 bits per heavy atom. The smallest absolute Gasteiger partial charge is 0.340 e. The summed E-state index contributed by atoms with van der Waals surface area (Å²) in [5.41, 5.74) is 7.29. The van der Waals surface area contributed by atoms with E-state index in [1.54, 1.807) is 36.4 Å². The van der Waals surface area contributed by atoms with Gasteiger partial charge in [0.1, 0.15) is 23.1 Å². The van der Waals surface area contributed by atoms with E-state index >= 15 is 0 Å². The van der Waals surface area contributed by atoms with E-state index in [0.29, 0.717) is 41.8 Å². The summed E-state index contributed by atoms with van der Waals surface area (Å²) in [5.74, 6) is 1.53. The molecule has 4 N–H and O–H groups in total. The first-order chi connectivity index (χ1) is 17.3. The molecule has 0 saturated carbocycles. The van der Waals surface area contributed by atoms with Crippen LogP contribution in [0.25, 0.3) is 10.8 Å². The minimum absolute atomic E-state index is 0.0682. The molecular weight excluding hydrogens is 470 g/mol. The van der Waals surface area contributed by atoms with Crippen LogP contribution in [-0.4, -0.2) is 56.5 Å². The molecule has 1 atom stereocenters. The number of fused-ring (bicyclic) bond motifs is 2. The zero-order chi connectivity index (χ0) is 26.7. The third kappa shape index (κ3) is 4.57. The first-order valence-electron chi connectivity index (χ1n) is 12.4. The van der Waals surface area contributed by atoms with Gasteiger partial charge >= 0.3 is 5.97 Å². The average Bonchev–Trinajstić information content (AvgIpc) is 2.78. The second-order valence-corrected chi connectivity index (χ2v) is 11.1. The molecule has 2 aliphatic rings. The van der Waals surface area contributed by atoms with E-state index in [0.717, 1.165) is 16.3 Å². The zero-order valence-corrected chi connectivity index (χ0v) is 22.0. The molecule has 2 aliphatic heterocycles. The molecule has 5 heterocycles. The molecule has 3 aromatic rings. The Bertz CT molecular complexity index is 1410. The highest BCUT2D eigenvalue weighted by molar-refractivity contribution is 5.96. The summed E-state index contributed by atoms with van der Waals surface area (Å²) in [6.07, 6.45) is 3.56. The number of ether oxygens (including phenoxy) is 1. The van der Waals surface area contributed by atoms with Crippen LogP contribution < -0.4 is 16.4 Å². The summed E-state index contributed by atoms with van der Waals surface area (Å²) in [6, 6.07) is 5.56. The van der Waals surface area contributed by atoms with Crippen molar-refractivity contribution in [2.24, 2.45) is 5.73 Å². The van der Waals surface area contributed by atoms with E-state index in [-0.39, 0.29) is 23.8 Å². The molecule has 10 nitrogen and oxygen atoms in total. The standard InChI is InChI=1S/C27H33N7O3/c1-14-23-17(25(36)37-27(14,5)6)7-8-21(33-23)32-22-9-18-19(10-29-22)24(30-11-20(18)26(3,4)28)31-16-12-34(13-16)15(2)35/h7-11,14,16H,12-13,28H2,1-6H3,(H,30,31)(H,29,32,33)/t14-/m1/s1. The van der Waals surface area contributed by atoms with Crippen LogP contribution in [0.3, 0.4) is 0 Å². The number of pyridine rings is 3. The Labute approximate surface area is 216 Å². The maximum Gasteiger partial charge on any atom is 0.340 e. The van der Waals surface area contributed by atoms with Crippen LogP contribution in [0.4, 0.5) is 17.5 Å². The summed E-state index contributed by atoms with van der Waals surface area (Å²) in [7, 11) is 0. The van der Waals surface area contributed by atoms with Crippen LogP contribution >= 0.6 is 0 Å². The molecule has 0 bridgehead atoms. The lowest BCUT2D eigenvalue weighted by Crippen LogP contribution is -2.56. The average molecular weight is 504 g/mol. The van der Waals surface area contributed by atoms with Crippen molar-refractivity contribution in [1.29, 1.82) is 0 Å². The minimum Gasteiger partial charge on any atom is -0.455 e. The van der Waals surface area contributed by atoms with Gasteiger partial charge in [-0.25, -0.2) is 19.7 Å². The van der Waals surface area contributed by atoms with Crippen molar-refractivity contribution >= 4 is 40.1 Å². The van der Waals surface area contributed by atoms with Gasteiger partial charge in [0.05, 0.1) is 17.3 Å². The number of anilines is 3. The number of likely N-dealkylation sites (tertiary alicyclic amines) is 1. The number of carbonyl (C=O) groups excluding carboxylic acids is 2. The van der Waals surface area contributed by atoms with E-state index in [4.69, 9.17) is 15.5 Å². The number of amides is 1. The van der Waals surface area contributed by atoms with Crippen molar-refractivity contribution in [2.75, 3.05) is 23.7 Å². The van der Waals surface area contributed by atoms with Gasteiger partial charge in [-0.05, 0) is 56.8 Å². The number of nitrogens with one attached hydrogen (secondary N) is 2. The van der Waals surface area contributed by atoms with Crippen LogP contribution in [0.2, 0.25) is 0 Å². The summed E-state index contributed by atoms with van der Waals surface area (Å²) in [4.78, 5) is 39.8. The number of carbonyl (C=O) groups is 2. The zero-order valence-electron chi connectivity index (χ0n) is 22.0. The summed E-state index contributed by atoms with van der Waals surface area (Å²) < 4.78 is 5.58. The van der Waals surface area contributed by atoms with Crippen molar-refractivity contribution in [1.82, 2.24) is 19.9 Å². The molecule has 3 aromatic heterocycles. The van der Waals surface area contributed by atoms with Gasteiger partial charge < -0.3 is 26.0 Å². The first-order valence-corrected chi connectivity index (χ1v) is 12.4. The molecule has 1 fully saturated rings. The van der Waals surface area contributed by atoms with E-state index in [1.807, 2.05) is 40.7 Å². The van der Waals surface area contributed by atoms with Gasteiger partial charge in [0.25, 0.3) is 0 Å². The molecule has 1 saturated heterocycles. The predicted molar refractivity (Wildman–Crippen MR) is 142 cm³/mol. The third-order valence-electron chi connectivity index (χ3n) is 7.34. The van der Waals surface area contributed by atoms with Crippen LogP contribution in [0.1, 0.15) is 69.1 Å². The minimum atomic E-state index is -0.642. The van der Waals surface area contributed by atoms with Crippen LogP contribution in [0.5, 0.6) is 0 Å². The number of nitrogens with two attached hydrogens (primary N) is 1. The topological polar surface area (TPSA) is 135 Å². The second-order valence-electron chi connectivity index (χ2n) is 11.1. The molecule has 0 radical (unpaired) electrons. The lowest BCUT2D eigenvalue weighted by Gasteiger charge is -2.39. The van der Waals surface area contributed by atoms with Crippen molar-refractivity contribution in [3.63, 3.8) is 0 Å². The maximum absolute atomic E-state index is 12.4. The van der Waals surface area contributed by atoms with Gasteiger partial charge in [-0.2, -0.15) is 0 Å². The number of hydrogen-bond donors (Lipinski definition) is 3. The number of nitrogens with zero attached hydrogens (tertiary/aromatic N) is 4. The fourth-order valence-corrected chi connectivity index (χ4v) is 4.74. The highest BCUT2D eigenvalue weighted by atomic mass is 16.6. The summed E-state index contributed by atoms with van der Waals surface area (Å²) in [6.45, 7) is 12.5. The lowest BCUT2D eigenvalue weighted by molar-refractivity contribution is -0.132. The Morgan fingerprint density at radius 1 is 1.16 bits per heavy atom. The van der Waals surface area contributed by atoms with Gasteiger partial charge in [-0.3, -0.25) is 4.79 Å². The Kier molecular flexibility index (Phi) is 5.82. The van der Waals surface area contributed by atoms with Crippen LogP contribution in [0.15, 0.2) is 30.6 Å². The fraction of sp³-hybridized carbons (Fsp3) is 0.444. The molecule has 37 heavy (non-hydrogen) atoms. The Hall–Kier alpha value is -3.79. The maximum atomic E-state index is 12.4. The predicted octanol–water partition coefficient (Wildman–Crippen LogP) is 3.66. The quantitative estimate of drug-likeness (QED) is 0.446. The van der Waals surface area contributed by atoms with Crippen molar-refractivity contribution in [3.05, 3.63) is 47.4 Å². The number of hydrogen-bond acceptors (Lipinski definition) is 9. The molecule has 5 rings (SSSR count). The molecular formula is C27H33N7O3. The summed E-state index contributed by atoms with van der Waals surface area (Å²) >= 11 is 0. The van der Waals surface area contributed by atoms with Crippen LogP contribution in [-0.2, 0) is 15.1 Å². The van der Waals surface area contributed by atoms with Crippen molar-refractivity contribution < 1.29 is 14.3 Å². The van der Waals surface area contributed by atoms with E-state index in [9.17, 15) is 9.59 Å². The molecule has 0 aliphatic carbocycles. The Balaban J connectivity index is 1.48. The Morgan fingerprint density at radius 3 is 2.57 bits per heavy atom. The lowest BCUT2D eigenvalue weighted by atomic mass is 9.84. The molecule has 0 spiro atoms. The van der Waals surface area contributed by atoms with Gasteiger partial charge in [0, 0.05) is 49.2 Å². The number of rotatable bonds is 5. The van der Waals surface area contributed by atoms with Crippen LogP contribution in [0, 0.1) is 0 Å². The molecule has 194 valence electrons. The van der Waals surface area contributed by atoms with Gasteiger partial charge in [0.15, 0.2) is 0 Å². The molecule has 0 aromatic carbocycles. The normalized spacial score (nSPS) is 19.2. The fourth-order valence-electron chi connectivity index (χ4n) is 4.74. The SMILES string of the molecule is CC(=O)N1CC(Nc2ncc(C(C)(C)N)c3cc(Nc4ccc5c(n4)[C@@H](C)C(C)(C)OC5=O)ncc23)C1.